The third-order valence-electron chi connectivity index (χ3n) is 4.20. The molecule has 0 aliphatic heterocycles. The van der Waals surface area contributed by atoms with Gasteiger partial charge in [0.05, 0.1) is 16.9 Å². The molecule has 0 bridgehead atoms. The Bertz CT molecular complexity index is 1030. The average Bonchev–Trinajstić information content (AvgIpc) is 3.23. The molecule has 2 N–H and O–H groups in total. The van der Waals surface area contributed by atoms with E-state index in [9.17, 15) is 22.8 Å². The highest BCUT2D eigenvalue weighted by Gasteiger charge is 2.35. The van der Waals surface area contributed by atoms with Gasteiger partial charge in [-0.05, 0) is 49.2 Å². The predicted octanol–water partition coefficient (Wildman–Crippen LogP) is 2.89. The number of pyridine rings is 1. The first-order valence-corrected chi connectivity index (χ1v) is 8.96. The lowest BCUT2D eigenvalue weighted by Crippen LogP contribution is -2.36. The number of hydrogen-bond acceptors (Lipinski definition) is 4. The minimum absolute atomic E-state index is 0.140. The first kappa shape index (κ1) is 21.0. The summed E-state index contributed by atoms with van der Waals surface area (Å²) in [6.07, 6.45) is 0.266. The third kappa shape index (κ3) is 5.22. The van der Waals surface area contributed by atoms with Crippen molar-refractivity contribution in [1.82, 2.24) is 20.1 Å². The van der Waals surface area contributed by atoms with E-state index in [0.29, 0.717) is 6.42 Å². The number of alkyl halides is 3. The van der Waals surface area contributed by atoms with Gasteiger partial charge in [-0.15, -0.1) is 0 Å². The lowest BCUT2D eigenvalue weighted by atomic mass is 10.1. The first-order valence-electron chi connectivity index (χ1n) is 8.96. The molecule has 0 radical (unpaired) electrons. The van der Waals surface area contributed by atoms with Crippen LogP contribution in [0, 0.1) is 6.92 Å². The molecule has 7 nitrogen and oxygen atoms in total. The number of halogens is 3. The number of nitrogens with one attached hydrogen (secondary N) is 2. The summed E-state index contributed by atoms with van der Waals surface area (Å²) in [7, 11) is 0. The Morgan fingerprint density at radius 2 is 1.93 bits per heavy atom. The normalized spacial score (nSPS) is 11.2. The van der Waals surface area contributed by atoms with E-state index < -0.39 is 29.2 Å². The molecule has 2 aromatic heterocycles. The number of benzene rings is 1. The Morgan fingerprint density at radius 1 is 1.13 bits per heavy atom. The molecule has 2 heterocycles. The highest BCUT2D eigenvalue weighted by atomic mass is 19.4. The van der Waals surface area contributed by atoms with Gasteiger partial charge < -0.3 is 10.6 Å². The Kier molecular flexibility index (Phi) is 6.14. The summed E-state index contributed by atoms with van der Waals surface area (Å²) in [6.45, 7) is 1.98. The van der Waals surface area contributed by atoms with Gasteiger partial charge in [-0.25, -0.2) is 4.68 Å². The van der Waals surface area contributed by atoms with Crippen molar-refractivity contribution in [2.75, 3.05) is 11.9 Å². The second-order valence-corrected chi connectivity index (χ2v) is 6.45. The van der Waals surface area contributed by atoms with Gasteiger partial charge in [-0.3, -0.25) is 14.6 Å². The second-order valence-electron chi connectivity index (χ2n) is 6.45. The summed E-state index contributed by atoms with van der Waals surface area (Å²) < 4.78 is 41.6. The summed E-state index contributed by atoms with van der Waals surface area (Å²) in [5.41, 5.74) is 0.279. The van der Waals surface area contributed by atoms with Crippen molar-refractivity contribution in [2.24, 2.45) is 0 Å². The van der Waals surface area contributed by atoms with Crippen molar-refractivity contribution in [2.45, 2.75) is 19.5 Å². The Morgan fingerprint density at radius 3 is 2.57 bits per heavy atom. The molecule has 0 saturated heterocycles. The van der Waals surface area contributed by atoms with E-state index in [-0.39, 0.29) is 12.2 Å². The molecule has 0 aliphatic carbocycles. The summed E-state index contributed by atoms with van der Waals surface area (Å²) in [4.78, 5) is 28.2. The van der Waals surface area contributed by atoms with Gasteiger partial charge in [0.25, 0.3) is 0 Å². The van der Waals surface area contributed by atoms with Crippen molar-refractivity contribution >= 4 is 17.5 Å². The van der Waals surface area contributed by atoms with E-state index in [1.807, 2.05) is 24.4 Å². The predicted molar refractivity (Wildman–Crippen MR) is 103 cm³/mol. The first-order chi connectivity index (χ1) is 14.2. The van der Waals surface area contributed by atoms with E-state index in [0.717, 1.165) is 23.4 Å². The van der Waals surface area contributed by atoms with Crippen LogP contribution < -0.4 is 10.6 Å². The highest BCUT2D eigenvalue weighted by molar-refractivity contribution is 6.39. The van der Waals surface area contributed by atoms with Crippen LogP contribution in [0.25, 0.3) is 5.69 Å². The van der Waals surface area contributed by atoms with Crippen LogP contribution in [0.3, 0.4) is 0 Å². The Labute approximate surface area is 169 Å². The lowest BCUT2D eigenvalue weighted by molar-refractivity contribution is -0.138. The number of aromatic nitrogens is 3. The Hall–Kier alpha value is -3.69. The van der Waals surface area contributed by atoms with E-state index in [1.54, 1.807) is 12.3 Å². The number of amides is 2. The summed E-state index contributed by atoms with van der Waals surface area (Å²) >= 11 is 0. The maximum Gasteiger partial charge on any atom is 0.418 e. The summed E-state index contributed by atoms with van der Waals surface area (Å²) in [6, 6.07) is 8.52. The molecule has 0 atom stereocenters. The molecule has 30 heavy (non-hydrogen) atoms. The fourth-order valence-corrected chi connectivity index (χ4v) is 2.67. The average molecular weight is 417 g/mol. The van der Waals surface area contributed by atoms with Crippen LogP contribution in [-0.2, 0) is 22.2 Å². The molecule has 1 aromatic carbocycles. The fourth-order valence-electron chi connectivity index (χ4n) is 2.67. The zero-order valence-corrected chi connectivity index (χ0v) is 15.9. The molecule has 0 fully saturated rings. The molecule has 0 saturated carbocycles. The maximum absolute atomic E-state index is 13.5. The molecule has 0 aliphatic rings. The maximum atomic E-state index is 13.5. The van der Waals surface area contributed by atoms with Gasteiger partial charge in [0.1, 0.15) is 0 Å². The smallest absolute Gasteiger partial charge is 0.347 e. The number of nitrogens with zero attached hydrogens (tertiary/aromatic N) is 3. The van der Waals surface area contributed by atoms with Crippen LogP contribution in [0.1, 0.15) is 16.8 Å². The van der Waals surface area contributed by atoms with E-state index >= 15 is 0 Å². The van der Waals surface area contributed by atoms with Gasteiger partial charge in [-0.1, -0.05) is 6.07 Å². The fraction of sp³-hybridized carbons (Fsp3) is 0.200. The number of rotatable bonds is 5. The minimum Gasteiger partial charge on any atom is -0.347 e. The van der Waals surface area contributed by atoms with Gasteiger partial charge >= 0.3 is 18.0 Å². The molecule has 0 unspecified atom stereocenters. The van der Waals surface area contributed by atoms with Crippen LogP contribution in [0.5, 0.6) is 0 Å². The molecular weight excluding hydrogens is 399 g/mol. The van der Waals surface area contributed by atoms with Crippen molar-refractivity contribution in [3.63, 3.8) is 0 Å². The van der Waals surface area contributed by atoms with E-state index in [2.05, 4.69) is 15.4 Å². The van der Waals surface area contributed by atoms with Crippen LogP contribution >= 0.6 is 0 Å². The number of anilines is 1. The molecular formula is C20H18F3N5O2. The van der Waals surface area contributed by atoms with Crippen LogP contribution in [-0.4, -0.2) is 33.1 Å². The van der Waals surface area contributed by atoms with Gasteiger partial charge in [0.2, 0.25) is 0 Å². The number of carbonyl (C=O) groups excluding carboxylic acids is 2. The molecule has 2 amide bonds. The highest BCUT2D eigenvalue weighted by Crippen LogP contribution is 2.36. The molecule has 0 spiro atoms. The zero-order valence-electron chi connectivity index (χ0n) is 15.9. The summed E-state index contributed by atoms with van der Waals surface area (Å²) in [5, 5.41) is 8.30. The molecule has 3 rings (SSSR count). The molecule has 3 aromatic rings. The van der Waals surface area contributed by atoms with E-state index in [1.165, 1.54) is 23.1 Å². The topological polar surface area (TPSA) is 88.9 Å². The lowest BCUT2D eigenvalue weighted by Gasteiger charge is -2.15. The Balaban J connectivity index is 1.66. The third-order valence-corrected chi connectivity index (χ3v) is 4.20. The van der Waals surface area contributed by atoms with Crippen molar-refractivity contribution < 1.29 is 22.8 Å². The molecule has 10 heteroatoms. The molecule has 156 valence electrons. The number of carbonyl (C=O) groups is 2. The van der Waals surface area contributed by atoms with Gasteiger partial charge in [-0.2, -0.15) is 18.3 Å². The SMILES string of the molecule is Cc1ccc(CCNC(=O)C(=O)Nc2ccc(-n3cccn3)cc2C(F)(F)F)cn1. The van der Waals surface area contributed by atoms with Gasteiger partial charge in [0.15, 0.2) is 0 Å². The number of aryl methyl sites for hydroxylation is 1. The largest absolute Gasteiger partial charge is 0.418 e. The van der Waals surface area contributed by atoms with Crippen LogP contribution in [0.4, 0.5) is 18.9 Å². The van der Waals surface area contributed by atoms with Gasteiger partial charge in [0, 0.05) is 30.8 Å². The van der Waals surface area contributed by atoms with Crippen LogP contribution in [0.2, 0.25) is 0 Å². The van der Waals surface area contributed by atoms with E-state index in [4.69, 9.17) is 0 Å². The number of hydrogen-bond donors (Lipinski definition) is 2. The minimum atomic E-state index is -4.74. The monoisotopic (exact) mass is 417 g/mol. The van der Waals surface area contributed by atoms with Crippen molar-refractivity contribution in [3.05, 3.63) is 71.8 Å². The van der Waals surface area contributed by atoms with Crippen LogP contribution in [0.15, 0.2) is 55.0 Å². The van der Waals surface area contributed by atoms with Crippen molar-refractivity contribution in [1.29, 1.82) is 0 Å². The van der Waals surface area contributed by atoms with Crippen molar-refractivity contribution in [3.8, 4) is 5.69 Å². The quantitative estimate of drug-likeness (QED) is 0.625. The second kappa shape index (κ2) is 8.76. The standard InChI is InChI=1S/C20H18F3N5O2/c1-13-3-4-14(12-25-13)7-9-24-18(29)19(30)27-17-6-5-15(28-10-2-8-26-28)11-16(17)20(21,22)23/h2-6,8,10-12H,7,9H2,1H3,(H,24,29)(H,27,30). The zero-order chi connectivity index (χ0) is 21.7. The summed E-state index contributed by atoms with van der Waals surface area (Å²) in [5.74, 6) is -2.21.